The predicted molar refractivity (Wildman–Crippen MR) is 94.9 cm³/mol. The van der Waals surface area contributed by atoms with Crippen molar-refractivity contribution in [1.29, 1.82) is 0 Å². The van der Waals surface area contributed by atoms with E-state index >= 15 is 0 Å². The summed E-state index contributed by atoms with van der Waals surface area (Å²) in [6, 6.07) is 10.2. The normalized spacial score (nSPS) is 10.6. The van der Waals surface area contributed by atoms with E-state index in [9.17, 15) is 9.90 Å². The van der Waals surface area contributed by atoms with E-state index in [1.165, 1.54) is 12.4 Å². The maximum atomic E-state index is 11.4. The van der Waals surface area contributed by atoms with Gasteiger partial charge in [-0.3, -0.25) is 0 Å². The van der Waals surface area contributed by atoms with Gasteiger partial charge in [0.2, 0.25) is 0 Å². The minimum absolute atomic E-state index is 0.148. The van der Waals surface area contributed by atoms with Gasteiger partial charge in [0.15, 0.2) is 0 Å². The standard InChI is InChI=1S/C16H12BrClN4O3/c17-14-8-11(16(23)24)7-13(10-2-1-3-12(18)6-10)15(14)25-5-4-22-9-19-20-21-22/h1-3,6-9H,4-5H2,(H,23,24). The van der Waals surface area contributed by atoms with Gasteiger partial charge in [-0.2, -0.15) is 0 Å². The van der Waals surface area contributed by atoms with Crippen molar-refractivity contribution in [1.82, 2.24) is 20.2 Å². The van der Waals surface area contributed by atoms with Gasteiger partial charge in [-0.1, -0.05) is 23.7 Å². The highest BCUT2D eigenvalue weighted by Crippen LogP contribution is 2.38. The van der Waals surface area contributed by atoms with Crippen LogP contribution in [-0.4, -0.2) is 37.9 Å². The van der Waals surface area contributed by atoms with E-state index in [0.717, 1.165) is 5.56 Å². The second-order valence-corrected chi connectivity index (χ2v) is 6.36. The molecule has 0 saturated heterocycles. The first-order chi connectivity index (χ1) is 12.0. The molecule has 0 radical (unpaired) electrons. The summed E-state index contributed by atoms with van der Waals surface area (Å²) in [6.45, 7) is 0.763. The maximum Gasteiger partial charge on any atom is 0.335 e. The molecular weight excluding hydrogens is 412 g/mol. The number of rotatable bonds is 6. The van der Waals surface area contributed by atoms with Crippen LogP contribution in [0.2, 0.25) is 5.02 Å². The van der Waals surface area contributed by atoms with Crippen LogP contribution < -0.4 is 4.74 Å². The molecule has 3 rings (SSSR count). The Bertz CT molecular complexity index is 902. The third kappa shape index (κ3) is 4.15. The lowest BCUT2D eigenvalue weighted by Crippen LogP contribution is -2.10. The van der Waals surface area contributed by atoms with E-state index in [4.69, 9.17) is 16.3 Å². The smallest absolute Gasteiger partial charge is 0.335 e. The zero-order chi connectivity index (χ0) is 17.8. The number of carbonyl (C=O) groups is 1. The van der Waals surface area contributed by atoms with Crippen molar-refractivity contribution in [2.75, 3.05) is 6.61 Å². The molecule has 0 aliphatic heterocycles. The number of benzene rings is 2. The fourth-order valence-electron chi connectivity index (χ4n) is 2.26. The molecule has 0 atom stereocenters. The SMILES string of the molecule is O=C(O)c1cc(Br)c(OCCn2cnnn2)c(-c2cccc(Cl)c2)c1. The molecule has 3 aromatic rings. The number of tetrazole rings is 1. The zero-order valence-corrected chi connectivity index (χ0v) is 15.1. The lowest BCUT2D eigenvalue weighted by Gasteiger charge is -2.15. The van der Waals surface area contributed by atoms with E-state index < -0.39 is 5.97 Å². The molecule has 0 unspecified atom stereocenters. The fraction of sp³-hybridized carbons (Fsp3) is 0.125. The zero-order valence-electron chi connectivity index (χ0n) is 12.8. The first-order valence-corrected chi connectivity index (χ1v) is 8.38. The van der Waals surface area contributed by atoms with Gasteiger partial charge in [0.05, 0.1) is 16.6 Å². The number of halogens is 2. The highest BCUT2D eigenvalue weighted by molar-refractivity contribution is 9.10. The van der Waals surface area contributed by atoms with Crippen LogP contribution in [0, 0.1) is 0 Å². The molecule has 1 aromatic heterocycles. The van der Waals surface area contributed by atoms with Crippen LogP contribution in [0.5, 0.6) is 5.75 Å². The Hall–Kier alpha value is -2.45. The average Bonchev–Trinajstić information content (AvgIpc) is 3.09. The van der Waals surface area contributed by atoms with Crippen LogP contribution >= 0.6 is 27.5 Å². The third-order valence-corrected chi connectivity index (χ3v) is 4.21. The van der Waals surface area contributed by atoms with E-state index in [1.807, 2.05) is 6.07 Å². The van der Waals surface area contributed by atoms with Gasteiger partial charge in [0.25, 0.3) is 0 Å². The molecule has 0 fully saturated rings. The average molecular weight is 424 g/mol. The lowest BCUT2D eigenvalue weighted by molar-refractivity contribution is 0.0697. The summed E-state index contributed by atoms with van der Waals surface area (Å²) in [5.41, 5.74) is 1.54. The summed E-state index contributed by atoms with van der Waals surface area (Å²) >= 11 is 9.46. The number of ether oxygens (including phenoxy) is 1. The van der Waals surface area contributed by atoms with Crippen LogP contribution in [0.15, 0.2) is 47.2 Å². The minimum atomic E-state index is -1.02. The van der Waals surface area contributed by atoms with Crippen LogP contribution in [0.25, 0.3) is 11.1 Å². The molecule has 0 spiro atoms. The van der Waals surface area contributed by atoms with Gasteiger partial charge in [-0.05, 0) is 56.2 Å². The Morgan fingerprint density at radius 1 is 1.32 bits per heavy atom. The van der Waals surface area contributed by atoms with Crippen LogP contribution in [0.4, 0.5) is 0 Å². The number of hydrogen-bond acceptors (Lipinski definition) is 5. The summed E-state index contributed by atoms with van der Waals surface area (Å²) in [4.78, 5) is 11.4. The molecular formula is C16H12BrClN4O3. The van der Waals surface area contributed by atoms with Crippen molar-refractivity contribution in [3.05, 3.63) is 57.8 Å². The van der Waals surface area contributed by atoms with Crippen molar-refractivity contribution in [3.63, 3.8) is 0 Å². The van der Waals surface area contributed by atoms with E-state index in [1.54, 1.807) is 28.9 Å². The van der Waals surface area contributed by atoms with Gasteiger partial charge in [-0.25, -0.2) is 9.48 Å². The van der Waals surface area contributed by atoms with Crippen LogP contribution in [0.1, 0.15) is 10.4 Å². The van der Waals surface area contributed by atoms with Crippen molar-refractivity contribution < 1.29 is 14.6 Å². The molecule has 1 N–H and O–H groups in total. The van der Waals surface area contributed by atoms with Crippen molar-refractivity contribution in [2.45, 2.75) is 6.54 Å². The second-order valence-electron chi connectivity index (χ2n) is 5.07. The molecule has 7 nitrogen and oxygen atoms in total. The quantitative estimate of drug-likeness (QED) is 0.652. The molecule has 0 amide bonds. The Morgan fingerprint density at radius 3 is 2.84 bits per heavy atom. The van der Waals surface area contributed by atoms with Crippen molar-refractivity contribution in [2.24, 2.45) is 0 Å². The molecule has 9 heteroatoms. The molecule has 0 saturated carbocycles. The summed E-state index contributed by atoms with van der Waals surface area (Å²) < 4.78 is 7.95. The van der Waals surface area contributed by atoms with E-state index in [-0.39, 0.29) is 5.56 Å². The van der Waals surface area contributed by atoms with Gasteiger partial charge in [-0.15, -0.1) is 5.10 Å². The van der Waals surface area contributed by atoms with E-state index in [0.29, 0.717) is 34.0 Å². The van der Waals surface area contributed by atoms with Crippen molar-refractivity contribution >= 4 is 33.5 Å². The Balaban J connectivity index is 1.96. The summed E-state index contributed by atoms with van der Waals surface area (Å²) in [6.07, 6.45) is 1.49. The summed E-state index contributed by atoms with van der Waals surface area (Å²) in [5.74, 6) is -0.496. The highest BCUT2D eigenvalue weighted by Gasteiger charge is 2.16. The van der Waals surface area contributed by atoms with Gasteiger partial charge in [0, 0.05) is 10.6 Å². The Labute approximate surface area is 156 Å². The predicted octanol–water partition coefficient (Wildman–Crippen LogP) is 3.53. The molecule has 0 aliphatic carbocycles. The van der Waals surface area contributed by atoms with Crippen LogP contribution in [-0.2, 0) is 6.54 Å². The Morgan fingerprint density at radius 2 is 2.16 bits per heavy atom. The third-order valence-electron chi connectivity index (χ3n) is 3.38. The minimum Gasteiger partial charge on any atom is -0.490 e. The molecule has 0 aliphatic rings. The topological polar surface area (TPSA) is 90.1 Å². The molecule has 0 bridgehead atoms. The molecule has 128 valence electrons. The number of carboxylic acid groups (broad SMARTS) is 1. The van der Waals surface area contributed by atoms with Gasteiger partial charge < -0.3 is 9.84 Å². The van der Waals surface area contributed by atoms with Crippen LogP contribution in [0.3, 0.4) is 0 Å². The second kappa shape index (κ2) is 7.62. The first-order valence-electron chi connectivity index (χ1n) is 7.21. The number of nitrogens with zero attached hydrogens (tertiary/aromatic N) is 4. The van der Waals surface area contributed by atoms with Crippen molar-refractivity contribution in [3.8, 4) is 16.9 Å². The Kier molecular flexibility index (Phi) is 5.30. The van der Waals surface area contributed by atoms with Gasteiger partial charge in [0.1, 0.15) is 18.7 Å². The molecule has 1 heterocycles. The number of carboxylic acids is 1. The molecule has 2 aromatic carbocycles. The largest absolute Gasteiger partial charge is 0.490 e. The maximum absolute atomic E-state index is 11.4. The number of hydrogen-bond donors (Lipinski definition) is 1. The summed E-state index contributed by atoms with van der Waals surface area (Å²) in [5, 5.41) is 20.7. The van der Waals surface area contributed by atoms with E-state index in [2.05, 4.69) is 31.5 Å². The first kappa shape index (κ1) is 17.4. The highest BCUT2D eigenvalue weighted by atomic mass is 79.9. The number of aromatic carboxylic acids is 1. The van der Waals surface area contributed by atoms with Gasteiger partial charge >= 0.3 is 5.97 Å². The lowest BCUT2D eigenvalue weighted by atomic mass is 10.0. The summed E-state index contributed by atoms with van der Waals surface area (Å²) in [7, 11) is 0. The molecule has 25 heavy (non-hydrogen) atoms. The fourth-order valence-corrected chi connectivity index (χ4v) is 3.02. The monoisotopic (exact) mass is 422 g/mol. The number of aromatic nitrogens is 4.